The standard InChI is InChI=1S/C15H21N5O/c1-11-5-6-15(18-17-11)20-7-3-4-13(10-20)16-9-14-8-12(2)19-21-14/h5-6,8,13,16H,3-4,7,9-10H2,1-2H3/t13-/m1/s1. The van der Waals surface area contributed by atoms with E-state index in [0.717, 1.165) is 49.0 Å². The molecular formula is C15H21N5O. The Labute approximate surface area is 124 Å². The summed E-state index contributed by atoms with van der Waals surface area (Å²) >= 11 is 0. The predicted molar refractivity (Wildman–Crippen MR) is 80.1 cm³/mol. The topological polar surface area (TPSA) is 67.1 Å². The minimum absolute atomic E-state index is 0.437. The van der Waals surface area contributed by atoms with Crippen molar-refractivity contribution in [2.75, 3.05) is 18.0 Å². The van der Waals surface area contributed by atoms with Crippen LogP contribution in [0, 0.1) is 13.8 Å². The van der Waals surface area contributed by atoms with Gasteiger partial charge in [0.05, 0.1) is 17.9 Å². The van der Waals surface area contributed by atoms with Gasteiger partial charge in [0.2, 0.25) is 0 Å². The summed E-state index contributed by atoms with van der Waals surface area (Å²) in [5.41, 5.74) is 1.87. The van der Waals surface area contributed by atoms with Gasteiger partial charge in [0.15, 0.2) is 11.6 Å². The van der Waals surface area contributed by atoms with E-state index in [1.54, 1.807) is 0 Å². The summed E-state index contributed by atoms with van der Waals surface area (Å²) in [6.45, 7) is 6.60. The lowest BCUT2D eigenvalue weighted by molar-refractivity contribution is 0.347. The SMILES string of the molecule is Cc1ccc(N2CCC[C@@H](NCc3cc(C)no3)C2)nn1. The van der Waals surface area contributed by atoms with E-state index in [1.165, 1.54) is 6.42 Å². The molecule has 1 N–H and O–H groups in total. The van der Waals surface area contributed by atoms with Crippen LogP contribution >= 0.6 is 0 Å². The first kappa shape index (κ1) is 14.0. The normalized spacial score (nSPS) is 19.0. The third-order valence-electron chi connectivity index (χ3n) is 3.77. The Bertz CT molecular complexity index is 580. The van der Waals surface area contributed by atoms with Crippen LogP contribution in [0.1, 0.15) is 30.0 Å². The summed E-state index contributed by atoms with van der Waals surface area (Å²) in [5.74, 6) is 1.85. The molecule has 1 atom stereocenters. The van der Waals surface area contributed by atoms with Crippen molar-refractivity contribution in [1.82, 2.24) is 20.7 Å². The van der Waals surface area contributed by atoms with Crippen molar-refractivity contribution in [3.05, 3.63) is 35.3 Å². The molecule has 3 heterocycles. The first-order chi connectivity index (χ1) is 10.2. The molecule has 0 spiro atoms. The van der Waals surface area contributed by atoms with E-state index in [4.69, 9.17) is 4.52 Å². The second-order valence-electron chi connectivity index (χ2n) is 5.63. The van der Waals surface area contributed by atoms with Gasteiger partial charge >= 0.3 is 0 Å². The summed E-state index contributed by atoms with van der Waals surface area (Å²) < 4.78 is 5.23. The highest BCUT2D eigenvalue weighted by molar-refractivity contribution is 5.38. The number of hydrogen-bond acceptors (Lipinski definition) is 6. The van der Waals surface area contributed by atoms with E-state index in [9.17, 15) is 0 Å². The van der Waals surface area contributed by atoms with Crippen molar-refractivity contribution in [3.8, 4) is 0 Å². The third-order valence-corrected chi connectivity index (χ3v) is 3.77. The number of nitrogens with zero attached hydrogens (tertiary/aromatic N) is 4. The molecule has 1 aliphatic rings. The molecular weight excluding hydrogens is 266 g/mol. The number of aryl methyl sites for hydroxylation is 2. The van der Waals surface area contributed by atoms with Gasteiger partial charge in [0.25, 0.3) is 0 Å². The van der Waals surface area contributed by atoms with E-state index in [1.807, 2.05) is 32.0 Å². The quantitative estimate of drug-likeness (QED) is 0.925. The lowest BCUT2D eigenvalue weighted by Crippen LogP contribution is -2.45. The maximum Gasteiger partial charge on any atom is 0.151 e. The second-order valence-corrected chi connectivity index (χ2v) is 5.63. The lowest BCUT2D eigenvalue weighted by atomic mass is 10.1. The fourth-order valence-electron chi connectivity index (χ4n) is 2.66. The van der Waals surface area contributed by atoms with E-state index < -0.39 is 0 Å². The van der Waals surface area contributed by atoms with Crippen LogP contribution in [0.15, 0.2) is 22.7 Å². The Hall–Kier alpha value is -1.95. The largest absolute Gasteiger partial charge is 0.360 e. The molecule has 0 bridgehead atoms. The zero-order valence-corrected chi connectivity index (χ0v) is 12.5. The van der Waals surface area contributed by atoms with E-state index in [0.29, 0.717) is 6.04 Å². The van der Waals surface area contributed by atoms with Gasteiger partial charge in [-0.3, -0.25) is 0 Å². The van der Waals surface area contributed by atoms with E-state index in [-0.39, 0.29) is 0 Å². The fraction of sp³-hybridized carbons (Fsp3) is 0.533. The van der Waals surface area contributed by atoms with Crippen molar-refractivity contribution < 1.29 is 4.52 Å². The summed E-state index contributed by atoms with van der Waals surface area (Å²) in [7, 11) is 0. The van der Waals surface area contributed by atoms with E-state index in [2.05, 4.69) is 25.6 Å². The first-order valence-electron chi connectivity index (χ1n) is 7.41. The number of anilines is 1. The summed E-state index contributed by atoms with van der Waals surface area (Å²) in [6.07, 6.45) is 2.32. The highest BCUT2D eigenvalue weighted by Gasteiger charge is 2.21. The monoisotopic (exact) mass is 287 g/mol. The highest BCUT2D eigenvalue weighted by atomic mass is 16.5. The van der Waals surface area contributed by atoms with Crippen molar-refractivity contribution in [3.63, 3.8) is 0 Å². The molecule has 21 heavy (non-hydrogen) atoms. The molecule has 1 aliphatic heterocycles. The molecule has 0 radical (unpaired) electrons. The third kappa shape index (κ3) is 3.58. The molecule has 1 saturated heterocycles. The average molecular weight is 287 g/mol. The fourth-order valence-corrected chi connectivity index (χ4v) is 2.66. The summed E-state index contributed by atoms with van der Waals surface area (Å²) in [5, 5.41) is 15.9. The Morgan fingerprint density at radius 1 is 1.29 bits per heavy atom. The molecule has 0 aliphatic carbocycles. The molecule has 6 nitrogen and oxygen atoms in total. The van der Waals surface area contributed by atoms with E-state index >= 15 is 0 Å². The maximum atomic E-state index is 5.23. The van der Waals surface area contributed by atoms with Gasteiger partial charge in [0, 0.05) is 25.2 Å². The lowest BCUT2D eigenvalue weighted by Gasteiger charge is -2.33. The predicted octanol–water partition coefficient (Wildman–Crippen LogP) is 1.84. The Balaban J connectivity index is 1.56. The Morgan fingerprint density at radius 2 is 2.19 bits per heavy atom. The van der Waals surface area contributed by atoms with Crippen LogP contribution in [0.25, 0.3) is 0 Å². The minimum Gasteiger partial charge on any atom is -0.360 e. The molecule has 6 heteroatoms. The van der Waals surface area contributed by atoms with Crippen molar-refractivity contribution in [2.24, 2.45) is 0 Å². The molecule has 112 valence electrons. The van der Waals surface area contributed by atoms with Gasteiger partial charge in [-0.15, -0.1) is 5.10 Å². The number of rotatable bonds is 4. The molecule has 2 aromatic rings. The van der Waals surface area contributed by atoms with Crippen molar-refractivity contribution in [1.29, 1.82) is 0 Å². The van der Waals surface area contributed by atoms with Crippen LogP contribution < -0.4 is 10.2 Å². The zero-order chi connectivity index (χ0) is 14.7. The number of aromatic nitrogens is 3. The number of hydrogen-bond donors (Lipinski definition) is 1. The van der Waals surface area contributed by atoms with Gasteiger partial charge < -0.3 is 14.7 Å². The Kier molecular flexibility index (Phi) is 4.15. The van der Waals surface area contributed by atoms with Gasteiger partial charge in [-0.25, -0.2) is 0 Å². The molecule has 3 rings (SSSR count). The zero-order valence-electron chi connectivity index (χ0n) is 12.5. The highest BCUT2D eigenvalue weighted by Crippen LogP contribution is 2.17. The smallest absolute Gasteiger partial charge is 0.151 e. The van der Waals surface area contributed by atoms with Crippen LogP contribution in [0.5, 0.6) is 0 Å². The molecule has 0 aromatic carbocycles. The molecule has 1 fully saturated rings. The molecule has 2 aromatic heterocycles. The van der Waals surface area contributed by atoms with Crippen LogP contribution in [0.4, 0.5) is 5.82 Å². The average Bonchev–Trinajstić information content (AvgIpc) is 2.92. The second kappa shape index (κ2) is 6.22. The number of nitrogens with one attached hydrogen (secondary N) is 1. The minimum atomic E-state index is 0.437. The van der Waals surface area contributed by atoms with Crippen LogP contribution in [-0.4, -0.2) is 34.5 Å². The summed E-state index contributed by atoms with van der Waals surface area (Å²) in [4.78, 5) is 2.29. The number of piperidine rings is 1. The van der Waals surface area contributed by atoms with Crippen LogP contribution in [0.3, 0.4) is 0 Å². The molecule has 0 amide bonds. The van der Waals surface area contributed by atoms with Crippen molar-refractivity contribution >= 4 is 5.82 Å². The Morgan fingerprint density at radius 3 is 2.90 bits per heavy atom. The van der Waals surface area contributed by atoms with Gasteiger partial charge in [-0.1, -0.05) is 5.16 Å². The first-order valence-corrected chi connectivity index (χ1v) is 7.41. The molecule has 0 saturated carbocycles. The van der Waals surface area contributed by atoms with Crippen LogP contribution in [-0.2, 0) is 6.54 Å². The summed E-state index contributed by atoms with van der Waals surface area (Å²) in [6, 6.07) is 6.47. The van der Waals surface area contributed by atoms with Gasteiger partial charge in [0.1, 0.15) is 0 Å². The van der Waals surface area contributed by atoms with Gasteiger partial charge in [-0.05, 0) is 38.8 Å². The maximum absolute atomic E-state index is 5.23. The van der Waals surface area contributed by atoms with Gasteiger partial charge in [-0.2, -0.15) is 5.10 Å². The van der Waals surface area contributed by atoms with Crippen molar-refractivity contribution in [2.45, 2.75) is 39.3 Å². The molecule has 0 unspecified atom stereocenters. The van der Waals surface area contributed by atoms with Crippen LogP contribution in [0.2, 0.25) is 0 Å².